The summed E-state index contributed by atoms with van der Waals surface area (Å²) >= 11 is -0.804. The topological polar surface area (TPSA) is 97.3 Å². The molecule has 5 heterocycles. The number of ether oxygens (including phenoxy) is 3. The largest absolute Gasteiger partial charge is 0.458 e. The smallest absolute Gasteiger partial charge is 0.309 e. The van der Waals surface area contributed by atoms with Crippen LogP contribution in [0.2, 0.25) is 0 Å². The molecule has 5 rings (SSSR count). The number of fused-ring (bicyclic) bond motifs is 1. The maximum Gasteiger partial charge on any atom is 0.309 e. The van der Waals surface area contributed by atoms with Crippen LogP contribution in [0.25, 0.3) is 0 Å². The number of esters is 1. The first-order chi connectivity index (χ1) is 15.1. The minimum atomic E-state index is -0.804. The van der Waals surface area contributed by atoms with Crippen molar-refractivity contribution in [1.82, 2.24) is 9.97 Å². The van der Waals surface area contributed by atoms with Crippen LogP contribution in [-0.4, -0.2) is 85.0 Å². The Hall–Kier alpha value is -1.62. The Bertz CT molecular complexity index is 809. The lowest BCUT2D eigenvalue weighted by Gasteiger charge is -2.39. The predicted octanol–water partition coefficient (Wildman–Crippen LogP) is 1.26. The molecule has 0 amide bonds. The molecule has 0 saturated carbocycles. The monoisotopic (exact) mass is 451 g/mol. The quantitative estimate of drug-likeness (QED) is 0.524. The Morgan fingerprint density at radius 1 is 1.13 bits per heavy atom. The van der Waals surface area contributed by atoms with Crippen LogP contribution in [0.4, 0.5) is 11.8 Å². The van der Waals surface area contributed by atoms with E-state index < -0.39 is 11.2 Å². The van der Waals surface area contributed by atoms with Crippen LogP contribution in [0, 0.1) is 5.92 Å². The van der Waals surface area contributed by atoms with Gasteiger partial charge >= 0.3 is 5.97 Å². The van der Waals surface area contributed by atoms with Gasteiger partial charge in [-0.25, -0.2) is 4.98 Å². The molecule has 10 heteroatoms. The zero-order chi connectivity index (χ0) is 21.4. The molecule has 0 radical (unpaired) electrons. The summed E-state index contributed by atoms with van der Waals surface area (Å²) in [5.41, 5.74) is 0.951. The lowest BCUT2D eigenvalue weighted by Crippen LogP contribution is -2.54. The van der Waals surface area contributed by atoms with Crippen LogP contribution in [0.15, 0.2) is 4.90 Å². The first-order valence-corrected chi connectivity index (χ1v) is 12.6. The summed E-state index contributed by atoms with van der Waals surface area (Å²) in [7, 11) is 2.06. The second-order valence-electron chi connectivity index (χ2n) is 8.75. The molecule has 1 atom stereocenters. The van der Waals surface area contributed by atoms with Crippen molar-refractivity contribution in [2.45, 2.75) is 49.1 Å². The standard InChI is InChI=1S/C21H31N4O5S/c1-24(15-4-9-29-10-5-15)19-18-17(6-11-31(18)27)22-21(23-19)25-12-16(13-25)30-20(26)14-2-7-28-8-3-14/h14-16,27H,2-13H2,1H3/q+1. The van der Waals surface area contributed by atoms with Crippen molar-refractivity contribution >= 4 is 28.9 Å². The number of hydrogen-bond acceptors (Lipinski definition) is 9. The third kappa shape index (κ3) is 4.35. The fourth-order valence-electron chi connectivity index (χ4n) is 4.67. The van der Waals surface area contributed by atoms with Gasteiger partial charge in [-0.05, 0) is 25.7 Å². The number of nitrogens with zero attached hydrogens (tertiary/aromatic N) is 4. The average molecular weight is 452 g/mol. The van der Waals surface area contributed by atoms with E-state index in [1.807, 2.05) is 0 Å². The van der Waals surface area contributed by atoms with Gasteiger partial charge in [0.2, 0.25) is 5.95 Å². The first-order valence-electron chi connectivity index (χ1n) is 11.2. The van der Waals surface area contributed by atoms with Crippen LogP contribution in [0.3, 0.4) is 0 Å². The number of carbonyl (C=O) groups excluding carboxylic acids is 1. The SMILES string of the molecule is CN(c1nc(N2CC(OC(=O)C3CCOCC3)C2)nc2c1[S+](O)CC2)C1CCOCC1. The van der Waals surface area contributed by atoms with Crippen molar-refractivity contribution < 1.29 is 23.6 Å². The molecular formula is C21H31N4O5S+. The molecule has 31 heavy (non-hydrogen) atoms. The summed E-state index contributed by atoms with van der Waals surface area (Å²) in [5, 5.41) is 0. The summed E-state index contributed by atoms with van der Waals surface area (Å²) in [6.07, 6.45) is 4.06. The van der Waals surface area contributed by atoms with Gasteiger partial charge in [0, 0.05) is 45.9 Å². The third-order valence-corrected chi connectivity index (χ3v) is 8.20. The molecule has 9 nitrogen and oxygen atoms in total. The second kappa shape index (κ2) is 9.09. The normalized spacial score (nSPS) is 25.2. The van der Waals surface area contributed by atoms with Gasteiger partial charge in [-0.15, -0.1) is 0 Å². The molecule has 0 aliphatic carbocycles. The van der Waals surface area contributed by atoms with E-state index in [1.165, 1.54) is 0 Å². The Balaban J connectivity index is 1.27. The van der Waals surface area contributed by atoms with Crippen molar-refractivity contribution in [3.63, 3.8) is 0 Å². The minimum absolute atomic E-state index is 0.0405. The van der Waals surface area contributed by atoms with Gasteiger partial charge in [0.25, 0.3) is 4.90 Å². The van der Waals surface area contributed by atoms with Gasteiger partial charge in [-0.2, -0.15) is 9.54 Å². The van der Waals surface area contributed by atoms with Crippen molar-refractivity contribution in [3.8, 4) is 0 Å². The summed E-state index contributed by atoms with van der Waals surface area (Å²) in [4.78, 5) is 27.2. The molecule has 0 bridgehead atoms. The van der Waals surface area contributed by atoms with E-state index in [0.29, 0.717) is 44.0 Å². The average Bonchev–Trinajstić information content (AvgIpc) is 3.16. The Kier molecular flexibility index (Phi) is 6.23. The van der Waals surface area contributed by atoms with Crippen molar-refractivity contribution in [1.29, 1.82) is 0 Å². The lowest BCUT2D eigenvalue weighted by atomic mass is 10.0. The van der Waals surface area contributed by atoms with Crippen LogP contribution >= 0.6 is 0 Å². The van der Waals surface area contributed by atoms with Gasteiger partial charge in [-0.3, -0.25) is 4.79 Å². The van der Waals surface area contributed by atoms with Crippen LogP contribution in [0.5, 0.6) is 0 Å². The highest BCUT2D eigenvalue weighted by molar-refractivity contribution is 7.92. The third-order valence-electron chi connectivity index (χ3n) is 6.71. The van der Waals surface area contributed by atoms with E-state index in [4.69, 9.17) is 24.2 Å². The van der Waals surface area contributed by atoms with E-state index in [-0.39, 0.29) is 18.0 Å². The van der Waals surface area contributed by atoms with Gasteiger partial charge in [-0.1, -0.05) is 0 Å². The van der Waals surface area contributed by atoms with Crippen LogP contribution < -0.4 is 9.80 Å². The Morgan fingerprint density at radius 3 is 2.52 bits per heavy atom. The number of anilines is 2. The number of aromatic nitrogens is 2. The molecule has 170 valence electrons. The summed E-state index contributed by atoms with van der Waals surface area (Å²) in [6, 6.07) is 0.350. The second-order valence-corrected chi connectivity index (χ2v) is 10.3. The van der Waals surface area contributed by atoms with Gasteiger partial charge < -0.3 is 24.0 Å². The zero-order valence-corrected chi connectivity index (χ0v) is 18.8. The number of carbonyl (C=O) groups is 1. The molecular weight excluding hydrogens is 420 g/mol. The lowest BCUT2D eigenvalue weighted by molar-refractivity contribution is -0.158. The Labute approximate surface area is 185 Å². The summed E-state index contributed by atoms with van der Waals surface area (Å²) < 4.78 is 27.1. The maximum atomic E-state index is 12.4. The highest BCUT2D eigenvalue weighted by atomic mass is 32.2. The molecule has 1 unspecified atom stereocenters. The zero-order valence-electron chi connectivity index (χ0n) is 18.0. The van der Waals surface area contributed by atoms with E-state index >= 15 is 0 Å². The van der Waals surface area contributed by atoms with E-state index in [0.717, 1.165) is 61.7 Å². The van der Waals surface area contributed by atoms with Crippen LogP contribution in [-0.2, 0) is 36.6 Å². The molecule has 3 saturated heterocycles. The predicted molar refractivity (Wildman–Crippen MR) is 117 cm³/mol. The molecule has 0 aromatic carbocycles. The number of rotatable bonds is 5. The molecule has 1 aromatic heterocycles. The highest BCUT2D eigenvalue weighted by Gasteiger charge is 2.42. The molecule has 1 aromatic rings. The van der Waals surface area contributed by atoms with Crippen LogP contribution in [0.1, 0.15) is 31.4 Å². The number of aryl methyl sites for hydroxylation is 1. The Morgan fingerprint density at radius 2 is 1.81 bits per heavy atom. The van der Waals surface area contributed by atoms with Gasteiger partial charge in [0.1, 0.15) is 11.8 Å². The van der Waals surface area contributed by atoms with Crippen molar-refractivity contribution in [3.05, 3.63) is 5.69 Å². The minimum Gasteiger partial charge on any atom is -0.458 e. The van der Waals surface area contributed by atoms with Crippen molar-refractivity contribution in [2.24, 2.45) is 5.92 Å². The van der Waals surface area contributed by atoms with Gasteiger partial charge in [0.05, 0.1) is 19.0 Å². The first kappa shape index (κ1) is 21.2. The van der Waals surface area contributed by atoms with Gasteiger partial charge in [0.15, 0.2) is 22.7 Å². The highest BCUT2D eigenvalue weighted by Crippen LogP contribution is 2.36. The van der Waals surface area contributed by atoms with E-state index in [1.54, 1.807) is 0 Å². The summed E-state index contributed by atoms with van der Waals surface area (Å²) in [6.45, 7) is 4.00. The molecule has 4 aliphatic rings. The molecule has 3 fully saturated rings. The number of hydrogen-bond donors (Lipinski definition) is 1. The summed E-state index contributed by atoms with van der Waals surface area (Å²) in [5.74, 6) is 2.09. The fourth-order valence-corrected chi connectivity index (χ4v) is 6.08. The fraction of sp³-hybridized carbons (Fsp3) is 0.762. The van der Waals surface area contributed by atoms with E-state index in [2.05, 4.69) is 16.8 Å². The maximum absolute atomic E-state index is 12.4. The molecule has 1 N–H and O–H groups in total. The molecule has 4 aliphatic heterocycles. The van der Waals surface area contributed by atoms with E-state index in [9.17, 15) is 9.35 Å². The van der Waals surface area contributed by atoms with Crippen molar-refractivity contribution in [2.75, 3.05) is 62.1 Å². The molecule has 0 spiro atoms.